The maximum atomic E-state index is 11.3. The number of carbonyl (C=O) groups is 2. The number of carboxylic acid groups (broad SMARTS) is 1. The van der Waals surface area contributed by atoms with Gasteiger partial charge in [0.05, 0.1) is 0 Å². The van der Waals surface area contributed by atoms with Gasteiger partial charge in [-0.15, -0.1) is 0 Å². The number of aromatic nitrogens is 2. The lowest BCUT2D eigenvalue weighted by molar-refractivity contribution is 0.0685. The van der Waals surface area contributed by atoms with Gasteiger partial charge in [0.1, 0.15) is 5.69 Å². The van der Waals surface area contributed by atoms with Gasteiger partial charge in [-0.1, -0.05) is 0 Å². The highest BCUT2D eigenvalue weighted by molar-refractivity contribution is 5.97. The van der Waals surface area contributed by atoms with Gasteiger partial charge in [0.2, 0.25) is 0 Å². The van der Waals surface area contributed by atoms with Crippen LogP contribution in [0.5, 0.6) is 0 Å². The summed E-state index contributed by atoms with van der Waals surface area (Å²) < 4.78 is 1.57. The molecular formula is C14H14N2O3. The molecule has 0 bridgehead atoms. The summed E-state index contributed by atoms with van der Waals surface area (Å²) in [5.41, 5.74) is 2.48. The van der Waals surface area contributed by atoms with Gasteiger partial charge in [0.25, 0.3) is 0 Å². The highest BCUT2D eigenvalue weighted by Crippen LogP contribution is 2.14. The van der Waals surface area contributed by atoms with E-state index in [-0.39, 0.29) is 11.5 Å². The van der Waals surface area contributed by atoms with Crippen molar-refractivity contribution >= 4 is 11.8 Å². The number of Topliss-reactive ketones (excluding diaryl/α,β-unsaturated/α-hetero) is 1. The molecule has 2 heterocycles. The highest BCUT2D eigenvalue weighted by Gasteiger charge is 2.15. The van der Waals surface area contributed by atoms with Crippen LogP contribution in [0, 0.1) is 6.92 Å². The second-order valence-corrected chi connectivity index (χ2v) is 4.41. The molecule has 2 aromatic rings. The Bertz CT molecular complexity index is 644. The standard InChI is InChI=1S/C14H14N2O3/c1-9-6-15-4-3-11(9)7-16-8-12(10(2)17)5-13(16)14(18)19/h3-6,8H,7H2,1-2H3,(H,18,19). The number of hydrogen-bond donors (Lipinski definition) is 1. The third-order valence-corrected chi connectivity index (χ3v) is 3.00. The number of pyridine rings is 1. The van der Waals surface area contributed by atoms with E-state index in [0.717, 1.165) is 11.1 Å². The van der Waals surface area contributed by atoms with Gasteiger partial charge >= 0.3 is 5.97 Å². The topological polar surface area (TPSA) is 72.2 Å². The van der Waals surface area contributed by atoms with Crippen LogP contribution < -0.4 is 0 Å². The molecule has 2 rings (SSSR count). The third-order valence-electron chi connectivity index (χ3n) is 3.00. The van der Waals surface area contributed by atoms with Crippen molar-refractivity contribution < 1.29 is 14.7 Å². The van der Waals surface area contributed by atoms with E-state index in [1.165, 1.54) is 13.0 Å². The van der Waals surface area contributed by atoms with Gasteiger partial charge in [-0.05, 0) is 37.1 Å². The van der Waals surface area contributed by atoms with Crippen LogP contribution in [0.1, 0.15) is 38.9 Å². The molecule has 0 atom stereocenters. The van der Waals surface area contributed by atoms with Crippen molar-refractivity contribution in [2.75, 3.05) is 0 Å². The number of aromatic carboxylic acids is 1. The Morgan fingerprint density at radius 3 is 2.74 bits per heavy atom. The second kappa shape index (κ2) is 5.06. The largest absolute Gasteiger partial charge is 0.477 e. The first-order valence-electron chi connectivity index (χ1n) is 5.83. The summed E-state index contributed by atoms with van der Waals surface area (Å²) in [5.74, 6) is -1.19. The minimum Gasteiger partial charge on any atom is -0.477 e. The van der Waals surface area contributed by atoms with Crippen LogP contribution in [0.3, 0.4) is 0 Å². The molecule has 0 fully saturated rings. The van der Waals surface area contributed by atoms with Crippen LogP contribution in [0.2, 0.25) is 0 Å². The Balaban J connectivity index is 2.42. The van der Waals surface area contributed by atoms with E-state index in [1.807, 2.05) is 13.0 Å². The van der Waals surface area contributed by atoms with Gasteiger partial charge in [-0.2, -0.15) is 0 Å². The van der Waals surface area contributed by atoms with Crippen LogP contribution in [0.4, 0.5) is 0 Å². The Kier molecular flexibility index (Phi) is 3.46. The molecule has 98 valence electrons. The van der Waals surface area contributed by atoms with Gasteiger partial charge < -0.3 is 9.67 Å². The molecule has 0 saturated heterocycles. The minimum absolute atomic E-state index is 0.112. The van der Waals surface area contributed by atoms with E-state index in [4.69, 9.17) is 5.11 Å². The average Bonchev–Trinajstić information content (AvgIpc) is 2.76. The molecule has 2 aromatic heterocycles. The van der Waals surface area contributed by atoms with Gasteiger partial charge in [0, 0.05) is 30.7 Å². The molecule has 19 heavy (non-hydrogen) atoms. The predicted molar refractivity (Wildman–Crippen MR) is 69.5 cm³/mol. The zero-order chi connectivity index (χ0) is 14.0. The first-order chi connectivity index (χ1) is 8.99. The van der Waals surface area contributed by atoms with Crippen molar-refractivity contribution in [2.45, 2.75) is 20.4 Å². The lowest BCUT2D eigenvalue weighted by atomic mass is 10.1. The van der Waals surface area contributed by atoms with Crippen LogP contribution >= 0.6 is 0 Å². The summed E-state index contributed by atoms with van der Waals surface area (Å²) in [6.45, 7) is 3.74. The smallest absolute Gasteiger partial charge is 0.352 e. The summed E-state index contributed by atoms with van der Waals surface area (Å²) in [6.07, 6.45) is 4.97. The first kappa shape index (κ1) is 13.0. The molecule has 5 nitrogen and oxygen atoms in total. The van der Waals surface area contributed by atoms with Crippen molar-refractivity contribution in [1.82, 2.24) is 9.55 Å². The maximum Gasteiger partial charge on any atom is 0.352 e. The van der Waals surface area contributed by atoms with Crippen LogP contribution in [0.15, 0.2) is 30.7 Å². The summed E-state index contributed by atoms with van der Waals surface area (Å²) in [6, 6.07) is 3.25. The Labute approximate surface area is 110 Å². The summed E-state index contributed by atoms with van der Waals surface area (Å²) >= 11 is 0. The van der Waals surface area contributed by atoms with E-state index >= 15 is 0 Å². The fourth-order valence-corrected chi connectivity index (χ4v) is 1.88. The number of aryl methyl sites for hydroxylation is 1. The van der Waals surface area contributed by atoms with E-state index in [0.29, 0.717) is 12.1 Å². The first-order valence-corrected chi connectivity index (χ1v) is 5.83. The summed E-state index contributed by atoms with van der Waals surface area (Å²) in [4.78, 5) is 26.5. The van der Waals surface area contributed by atoms with Crippen LogP contribution in [-0.4, -0.2) is 26.4 Å². The van der Waals surface area contributed by atoms with E-state index in [9.17, 15) is 9.59 Å². The fraction of sp³-hybridized carbons (Fsp3) is 0.214. The number of hydrogen-bond acceptors (Lipinski definition) is 3. The second-order valence-electron chi connectivity index (χ2n) is 4.41. The number of carboxylic acids is 1. The van der Waals surface area contributed by atoms with E-state index in [1.54, 1.807) is 23.2 Å². The quantitative estimate of drug-likeness (QED) is 0.853. The van der Waals surface area contributed by atoms with Crippen molar-refractivity contribution in [3.63, 3.8) is 0 Å². The molecule has 0 unspecified atom stereocenters. The van der Waals surface area contributed by atoms with Gasteiger partial charge in [0.15, 0.2) is 5.78 Å². The molecule has 1 N–H and O–H groups in total. The summed E-state index contributed by atoms with van der Waals surface area (Å²) in [7, 11) is 0. The van der Waals surface area contributed by atoms with Crippen molar-refractivity contribution in [3.8, 4) is 0 Å². The number of ketones is 1. The van der Waals surface area contributed by atoms with Gasteiger partial charge in [-0.3, -0.25) is 9.78 Å². The van der Waals surface area contributed by atoms with Crippen molar-refractivity contribution in [2.24, 2.45) is 0 Å². The molecule has 5 heteroatoms. The minimum atomic E-state index is -1.04. The zero-order valence-corrected chi connectivity index (χ0v) is 10.8. The maximum absolute atomic E-state index is 11.3. The predicted octanol–water partition coefficient (Wildman–Crippen LogP) is 2.14. The van der Waals surface area contributed by atoms with Crippen LogP contribution in [0.25, 0.3) is 0 Å². The highest BCUT2D eigenvalue weighted by atomic mass is 16.4. The Hall–Kier alpha value is -2.43. The van der Waals surface area contributed by atoms with E-state index < -0.39 is 5.97 Å². The molecule has 0 spiro atoms. The molecule has 0 saturated carbocycles. The lowest BCUT2D eigenvalue weighted by Gasteiger charge is -2.08. The molecule has 0 aliphatic carbocycles. The molecule has 0 radical (unpaired) electrons. The number of rotatable bonds is 4. The number of carbonyl (C=O) groups excluding carboxylic acids is 1. The molecule has 0 aromatic carbocycles. The Morgan fingerprint density at radius 2 is 2.16 bits per heavy atom. The fourth-order valence-electron chi connectivity index (χ4n) is 1.88. The Morgan fingerprint density at radius 1 is 1.42 bits per heavy atom. The normalized spacial score (nSPS) is 10.4. The SMILES string of the molecule is CC(=O)c1cc(C(=O)O)n(Cc2ccncc2C)c1. The third kappa shape index (κ3) is 2.70. The van der Waals surface area contributed by atoms with Crippen molar-refractivity contribution in [1.29, 1.82) is 0 Å². The summed E-state index contributed by atoms with van der Waals surface area (Å²) in [5, 5.41) is 9.16. The average molecular weight is 258 g/mol. The molecule has 0 aliphatic heterocycles. The van der Waals surface area contributed by atoms with Gasteiger partial charge in [-0.25, -0.2) is 4.79 Å². The monoisotopic (exact) mass is 258 g/mol. The molecule has 0 aliphatic rings. The van der Waals surface area contributed by atoms with Crippen molar-refractivity contribution in [3.05, 3.63) is 53.1 Å². The van der Waals surface area contributed by atoms with Crippen LogP contribution in [-0.2, 0) is 6.54 Å². The number of nitrogens with zero attached hydrogens (tertiary/aromatic N) is 2. The molecular weight excluding hydrogens is 244 g/mol. The molecule has 0 amide bonds. The zero-order valence-electron chi connectivity index (χ0n) is 10.8. The lowest BCUT2D eigenvalue weighted by Crippen LogP contribution is -2.09. The van der Waals surface area contributed by atoms with E-state index in [2.05, 4.69) is 4.98 Å².